The predicted molar refractivity (Wildman–Crippen MR) is 160 cm³/mol. The van der Waals surface area contributed by atoms with Crippen LogP contribution in [0.1, 0.15) is 12.0 Å². The molecule has 0 unspecified atom stereocenters. The molecule has 40 heavy (non-hydrogen) atoms. The summed E-state index contributed by atoms with van der Waals surface area (Å²) >= 11 is 0. The molecule has 0 fully saturated rings. The monoisotopic (exact) mass is 559 g/mol. The van der Waals surface area contributed by atoms with Crippen molar-refractivity contribution >= 4 is 48.8 Å². The Hall–Kier alpha value is -4.22. The van der Waals surface area contributed by atoms with E-state index in [4.69, 9.17) is 4.74 Å². The highest BCUT2D eigenvalue weighted by atomic mass is 32.2. The Bertz CT molecular complexity index is 1710. The second-order valence-corrected chi connectivity index (χ2v) is 11.9. The quantitative estimate of drug-likeness (QED) is 0.182. The molecular weight excluding hydrogens is 526 g/mol. The highest BCUT2D eigenvalue weighted by Crippen LogP contribution is 2.33. The van der Waals surface area contributed by atoms with E-state index in [2.05, 4.69) is 55.3 Å². The van der Waals surface area contributed by atoms with Gasteiger partial charge in [0.2, 0.25) is 0 Å². The molecule has 0 amide bonds. The molecule has 0 radical (unpaired) electrons. The molecule has 208 valence electrons. The summed E-state index contributed by atoms with van der Waals surface area (Å²) in [6.07, 6.45) is 5.49. The van der Waals surface area contributed by atoms with E-state index in [-0.39, 0.29) is 5.75 Å². The van der Waals surface area contributed by atoms with Gasteiger partial charge in [-0.3, -0.25) is 4.68 Å². The number of methoxy groups -OCH3 is 1. The first kappa shape index (κ1) is 27.4. The Morgan fingerprint density at radius 2 is 1.82 bits per heavy atom. The van der Waals surface area contributed by atoms with Crippen molar-refractivity contribution in [1.29, 1.82) is 0 Å². The number of hydrogen-bond donors (Lipinski definition) is 3. The molecule has 0 saturated carbocycles. The summed E-state index contributed by atoms with van der Waals surface area (Å²) in [5, 5.41) is 16.5. The zero-order chi connectivity index (χ0) is 28.0. The van der Waals surface area contributed by atoms with E-state index in [0.29, 0.717) is 37.7 Å². The van der Waals surface area contributed by atoms with Crippen molar-refractivity contribution in [2.45, 2.75) is 13.0 Å². The summed E-state index contributed by atoms with van der Waals surface area (Å²) in [7, 11) is -1.31. The molecule has 0 spiro atoms. The molecular formula is C29H33N7O3S. The molecule has 3 N–H and O–H groups in total. The van der Waals surface area contributed by atoms with Gasteiger partial charge in [-0.15, -0.1) is 0 Å². The van der Waals surface area contributed by atoms with Gasteiger partial charge in [-0.05, 0) is 48.9 Å². The maximum Gasteiger partial charge on any atom is 0.148 e. The normalized spacial score (nSPS) is 11.7. The fourth-order valence-electron chi connectivity index (χ4n) is 4.49. The summed E-state index contributed by atoms with van der Waals surface area (Å²) < 4.78 is 30.1. The van der Waals surface area contributed by atoms with Crippen molar-refractivity contribution in [3.63, 3.8) is 0 Å². The molecule has 0 aliphatic rings. The first-order valence-electron chi connectivity index (χ1n) is 13.1. The van der Waals surface area contributed by atoms with Gasteiger partial charge in [0.15, 0.2) is 0 Å². The number of fused-ring (bicyclic) bond motifs is 2. The van der Waals surface area contributed by atoms with Crippen molar-refractivity contribution in [3.8, 4) is 5.75 Å². The number of hydrogen-bond acceptors (Lipinski definition) is 9. The highest BCUT2D eigenvalue weighted by molar-refractivity contribution is 7.90. The predicted octanol–water partition coefficient (Wildman–Crippen LogP) is 4.22. The first-order valence-corrected chi connectivity index (χ1v) is 15.2. The van der Waals surface area contributed by atoms with Crippen LogP contribution < -0.4 is 20.7 Å². The number of benzene rings is 3. The van der Waals surface area contributed by atoms with Crippen LogP contribution in [0.2, 0.25) is 0 Å². The van der Waals surface area contributed by atoms with Crippen molar-refractivity contribution in [3.05, 3.63) is 78.8 Å². The van der Waals surface area contributed by atoms with Gasteiger partial charge in [-0.1, -0.05) is 30.3 Å². The van der Waals surface area contributed by atoms with Crippen LogP contribution in [0.15, 0.2) is 73.2 Å². The Kier molecular flexibility index (Phi) is 8.42. The number of anilines is 3. The van der Waals surface area contributed by atoms with Crippen molar-refractivity contribution in [2.75, 3.05) is 49.4 Å². The SMILES string of the molecule is COc1cc2c(Nc3ccc4c(cnn4Cc4ccccc4)c3)ncnc2cc1NCCCNCCS(C)(=O)=O. The zero-order valence-electron chi connectivity index (χ0n) is 22.6. The third-order valence-electron chi connectivity index (χ3n) is 6.53. The third kappa shape index (κ3) is 6.85. The fraction of sp³-hybridized carbons (Fsp3) is 0.276. The van der Waals surface area contributed by atoms with Crippen LogP contribution in [0.3, 0.4) is 0 Å². The summed E-state index contributed by atoms with van der Waals surface area (Å²) in [5.41, 5.74) is 4.78. The highest BCUT2D eigenvalue weighted by Gasteiger charge is 2.12. The number of ether oxygens (including phenoxy) is 1. The van der Waals surface area contributed by atoms with Crippen LogP contribution in [-0.4, -0.2) is 66.9 Å². The molecule has 5 aromatic rings. The standard InChI is InChI=1S/C29H33N7O3S/c1-39-28-16-24-25(17-26(28)31-12-6-11-30-13-14-40(2,37)38)32-20-33-29(24)35-23-9-10-27-22(15-23)18-34-36(27)19-21-7-4-3-5-8-21/h3-5,7-10,15-18,20,30-31H,6,11-14,19H2,1-2H3,(H,32,33,35). The van der Waals surface area contributed by atoms with E-state index in [1.54, 1.807) is 13.4 Å². The van der Waals surface area contributed by atoms with E-state index >= 15 is 0 Å². The molecule has 0 bridgehead atoms. The lowest BCUT2D eigenvalue weighted by Gasteiger charge is -2.14. The average molecular weight is 560 g/mol. The summed E-state index contributed by atoms with van der Waals surface area (Å²) in [6, 6.07) is 20.3. The molecule has 0 aliphatic heterocycles. The molecule has 3 aromatic carbocycles. The Morgan fingerprint density at radius 3 is 2.62 bits per heavy atom. The van der Waals surface area contributed by atoms with Crippen LogP contribution in [0.5, 0.6) is 5.75 Å². The van der Waals surface area contributed by atoms with Gasteiger partial charge in [0.1, 0.15) is 27.7 Å². The molecule has 2 aromatic heterocycles. The molecule has 0 saturated heterocycles. The minimum Gasteiger partial charge on any atom is -0.495 e. The number of aromatic nitrogens is 4. The lowest BCUT2D eigenvalue weighted by atomic mass is 10.1. The van der Waals surface area contributed by atoms with Crippen LogP contribution in [0, 0.1) is 0 Å². The van der Waals surface area contributed by atoms with Crippen LogP contribution >= 0.6 is 0 Å². The largest absolute Gasteiger partial charge is 0.495 e. The molecule has 0 aliphatic carbocycles. The maximum absolute atomic E-state index is 11.2. The number of nitrogens with one attached hydrogen (secondary N) is 3. The Labute approximate surface area is 233 Å². The van der Waals surface area contributed by atoms with Crippen LogP contribution in [0.4, 0.5) is 17.2 Å². The van der Waals surface area contributed by atoms with E-state index in [1.807, 2.05) is 47.3 Å². The van der Waals surface area contributed by atoms with E-state index < -0.39 is 9.84 Å². The maximum atomic E-state index is 11.2. The minimum atomic E-state index is -2.95. The van der Waals surface area contributed by atoms with Crippen LogP contribution in [-0.2, 0) is 16.4 Å². The summed E-state index contributed by atoms with van der Waals surface area (Å²) in [6.45, 7) is 2.57. The average Bonchev–Trinajstić information content (AvgIpc) is 3.34. The van der Waals surface area contributed by atoms with Gasteiger partial charge >= 0.3 is 0 Å². The second-order valence-electron chi connectivity index (χ2n) is 9.64. The molecule has 0 atom stereocenters. The fourth-order valence-corrected chi connectivity index (χ4v) is 5.01. The second kappa shape index (κ2) is 12.3. The minimum absolute atomic E-state index is 0.140. The van der Waals surface area contributed by atoms with Gasteiger partial charge in [-0.2, -0.15) is 5.10 Å². The van der Waals surface area contributed by atoms with Gasteiger partial charge in [0, 0.05) is 35.8 Å². The smallest absolute Gasteiger partial charge is 0.148 e. The molecule has 5 rings (SSSR count). The molecule has 10 nitrogen and oxygen atoms in total. The lowest BCUT2D eigenvalue weighted by Crippen LogP contribution is -2.24. The first-order chi connectivity index (χ1) is 19.4. The Morgan fingerprint density at radius 1 is 0.975 bits per heavy atom. The summed E-state index contributed by atoms with van der Waals surface area (Å²) in [4.78, 5) is 8.97. The van der Waals surface area contributed by atoms with Gasteiger partial charge < -0.3 is 20.7 Å². The molecule has 11 heteroatoms. The molecule has 2 heterocycles. The van der Waals surface area contributed by atoms with Crippen molar-refractivity contribution in [1.82, 2.24) is 25.1 Å². The number of nitrogens with zero attached hydrogens (tertiary/aromatic N) is 4. The summed E-state index contributed by atoms with van der Waals surface area (Å²) in [5.74, 6) is 1.51. The van der Waals surface area contributed by atoms with E-state index in [0.717, 1.165) is 39.6 Å². The van der Waals surface area contributed by atoms with E-state index in [9.17, 15) is 8.42 Å². The number of sulfone groups is 1. The van der Waals surface area contributed by atoms with Gasteiger partial charge in [0.05, 0.1) is 42.3 Å². The van der Waals surface area contributed by atoms with Crippen LogP contribution in [0.25, 0.3) is 21.8 Å². The van der Waals surface area contributed by atoms with Crippen molar-refractivity contribution < 1.29 is 13.2 Å². The number of rotatable bonds is 13. The van der Waals surface area contributed by atoms with Crippen molar-refractivity contribution in [2.24, 2.45) is 0 Å². The zero-order valence-corrected chi connectivity index (χ0v) is 23.4. The lowest BCUT2D eigenvalue weighted by molar-refractivity contribution is 0.417. The van der Waals surface area contributed by atoms with E-state index in [1.165, 1.54) is 11.8 Å². The van der Waals surface area contributed by atoms with Gasteiger partial charge in [-0.25, -0.2) is 18.4 Å². The van der Waals surface area contributed by atoms with Gasteiger partial charge in [0.25, 0.3) is 0 Å². The Balaban J connectivity index is 1.27. The topological polar surface area (TPSA) is 123 Å². The third-order valence-corrected chi connectivity index (χ3v) is 7.48.